The Morgan fingerprint density at radius 1 is 1.10 bits per heavy atom. The molecule has 0 saturated heterocycles. The lowest BCUT2D eigenvalue weighted by Crippen LogP contribution is -2.65. The summed E-state index contributed by atoms with van der Waals surface area (Å²) in [6.45, 7) is 0. The normalized spacial score (nSPS) is 39.2. The van der Waals surface area contributed by atoms with Gasteiger partial charge in [0.25, 0.3) is 0 Å². The van der Waals surface area contributed by atoms with Crippen LogP contribution >= 0.6 is 0 Å². The summed E-state index contributed by atoms with van der Waals surface area (Å²) in [6, 6.07) is 7.48. The molecule has 4 rings (SSSR count). The highest BCUT2D eigenvalue weighted by molar-refractivity contribution is 5.82. The van der Waals surface area contributed by atoms with Crippen molar-refractivity contribution in [2.24, 2.45) is 17.8 Å². The Balaban J connectivity index is 1.78. The molecular weight excluding hydrogens is 252 g/mol. The van der Waals surface area contributed by atoms with Crippen molar-refractivity contribution in [1.29, 1.82) is 0 Å². The molecule has 0 amide bonds. The van der Waals surface area contributed by atoms with Crippen molar-refractivity contribution in [3.63, 3.8) is 0 Å². The molecule has 0 spiro atoms. The molecule has 0 bridgehead atoms. The number of hydrogen-bond donors (Lipinski definition) is 1. The molecule has 2 aliphatic carbocycles. The number of carbonyl (C=O) groups is 1. The fraction of sp³-hybridized carbons (Fsp3) is 0.588. The Morgan fingerprint density at radius 2 is 1.85 bits per heavy atom. The van der Waals surface area contributed by atoms with Crippen LogP contribution in [0, 0.1) is 17.8 Å². The standard InChI is InChI=1S/C17H20O3/c18-16-15-11-7-3-1-2-4-8-12(11)17(15,19)13-9-5-6-10-14(13)20-16/h5-6,9-12,15,19H,1-4,7-8H2/t11-,12-,15+,17-/m1/s1. The third kappa shape index (κ3) is 1.47. The van der Waals surface area contributed by atoms with Gasteiger partial charge in [-0.3, -0.25) is 4.79 Å². The minimum absolute atomic E-state index is 0.224. The van der Waals surface area contributed by atoms with Crippen LogP contribution in [0.15, 0.2) is 24.3 Å². The summed E-state index contributed by atoms with van der Waals surface area (Å²) >= 11 is 0. The van der Waals surface area contributed by atoms with Gasteiger partial charge >= 0.3 is 5.97 Å². The molecule has 1 aromatic rings. The molecule has 4 atom stereocenters. The van der Waals surface area contributed by atoms with Gasteiger partial charge in [0, 0.05) is 5.56 Å². The number of benzene rings is 1. The average Bonchev–Trinajstić information content (AvgIpc) is 2.40. The number of rotatable bonds is 0. The summed E-state index contributed by atoms with van der Waals surface area (Å²) in [5, 5.41) is 11.3. The first-order valence-electron chi connectivity index (χ1n) is 7.76. The molecular formula is C17H20O3. The van der Waals surface area contributed by atoms with Crippen molar-refractivity contribution in [3.05, 3.63) is 29.8 Å². The fourth-order valence-corrected chi connectivity index (χ4v) is 4.68. The van der Waals surface area contributed by atoms with Crippen molar-refractivity contribution in [2.45, 2.75) is 44.1 Å². The van der Waals surface area contributed by atoms with Crippen molar-refractivity contribution < 1.29 is 14.6 Å². The second kappa shape index (κ2) is 4.32. The van der Waals surface area contributed by atoms with E-state index in [0.717, 1.165) is 24.8 Å². The van der Waals surface area contributed by atoms with Crippen LogP contribution in [0.1, 0.15) is 44.1 Å². The summed E-state index contributed by atoms with van der Waals surface area (Å²) in [5.74, 6) is 0.508. The lowest BCUT2D eigenvalue weighted by molar-refractivity contribution is -0.229. The van der Waals surface area contributed by atoms with Crippen molar-refractivity contribution >= 4 is 5.97 Å². The van der Waals surface area contributed by atoms with Crippen molar-refractivity contribution in [3.8, 4) is 5.75 Å². The summed E-state index contributed by atoms with van der Waals surface area (Å²) < 4.78 is 5.45. The molecule has 106 valence electrons. The Bertz CT molecular complexity index is 553. The molecule has 1 heterocycles. The Morgan fingerprint density at radius 3 is 2.70 bits per heavy atom. The second-order valence-corrected chi connectivity index (χ2v) is 6.48. The first-order chi connectivity index (χ1) is 9.73. The van der Waals surface area contributed by atoms with Crippen LogP contribution in [-0.2, 0) is 10.4 Å². The van der Waals surface area contributed by atoms with E-state index in [9.17, 15) is 9.90 Å². The maximum Gasteiger partial charge on any atom is 0.317 e. The number of para-hydroxylation sites is 1. The first-order valence-corrected chi connectivity index (χ1v) is 7.76. The lowest BCUT2D eigenvalue weighted by Gasteiger charge is -2.60. The van der Waals surface area contributed by atoms with E-state index < -0.39 is 5.60 Å². The van der Waals surface area contributed by atoms with Gasteiger partial charge in [-0.2, -0.15) is 0 Å². The Hall–Kier alpha value is -1.35. The average molecular weight is 272 g/mol. The molecule has 0 aromatic heterocycles. The third-order valence-corrected chi connectivity index (χ3v) is 5.57. The zero-order valence-corrected chi connectivity index (χ0v) is 11.5. The molecule has 2 saturated carbocycles. The Kier molecular flexibility index (Phi) is 2.68. The van der Waals surface area contributed by atoms with Gasteiger partial charge in [-0.05, 0) is 30.7 Å². The van der Waals surface area contributed by atoms with Gasteiger partial charge in [-0.1, -0.05) is 43.9 Å². The van der Waals surface area contributed by atoms with E-state index in [-0.39, 0.29) is 17.8 Å². The van der Waals surface area contributed by atoms with Gasteiger partial charge in [0.1, 0.15) is 11.4 Å². The number of carbonyl (C=O) groups excluding carboxylic acids is 1. The molecule has 3 heteroatoms. The van der Waals surface area contributed by atoms with Crippen LogP contribution in [-0.4, -0.2) is 11.1 Å². The molecule has 20 heavy (non-hydrogen) atoms. The van der Waals surface area contributed by atoms with Crippen LogP contribution in [0.4, 0.5) is 0 Å². The molecule has 0 radical (unpaired) electrons. The monoisotopic (exact) mass is 272 g/mol. The number of fused-ring (bicyclic) bond motifs is 6. The molecule has 2 fully saturated rings. The second-order valence-electron chi connectivity index (χ2n) is 6.48. The van der Waals surface area contributed by atoms with E-state index in [1.807, 2.05) is 18.2 Å². The zero-order chi connectivity index (χ0) is 13.7. The van der Waals surface area contributed by atoms with Crippen LogP contribution < -0.4 is 4.74 Å². The van der Waals surface area contributed by atoms with Gasteiger partial charge in [-0.25, -0.2) is 0 Å². The predicted molar refractivity (Wildman–Crippen MR) is 74.1 cm³/mol. The highest BCUT2D eigenvalue weighted by atomic mass is 16.5. The minimum atomic E-state index is -0.978. The van der Waals surface area contributed by atoms with E-state index in [4.69, 9.17) is 4.74 Å². The smallest absolute Gasteiger partial charge is 0.317 e. The summed E-state index contributed by atoms with van der Waals surface area (Å²) in [7, 11) is 0. The zero-order valence-electron chi connectivity index (χ0n) is 11.5. The van der Waals surface area contributed by atoms with Crippen LogP contribution in [0.5, 0.6) is 5.75 Å². The van der Waals surface area contributed by atoms with Gasteiger partial charge in [0.2, 0.25) is 0 Å². The largest absolute Gasteiger partial charge is 0.426 e. The minimum Gasteiger partial charge on any atom is -0.426 e. The fourth-order valence-electron chi connectivity index (χ4n) is 4.68. The topological polar surface area (TPSA) is 46.5 Å². The molecule has 1 N–H and O–H groups in total. The quantitative estimate of drug-likeness (QED) is 0.583. The Labute approximate surface area is 118 Å². The highest BCUT2D eigenvalue weighted by Gasteiger charge is 2.67. The van der Waals surface area contributed by atoms with Crippen LogP contribution in [0.2, 0.25) is 0 Å². The number of ether oxygens (including phenoxy) is 1. The van der Waals surface area contributed by atoms with E-state index in [1.165, 1.54) is 19.3 Å². The summed E-state index contributed by atoms with van der Waals surface area (Å²) in [6.07, 6.45) is 6.90. The van der Waals surface area contributed by atoms with E-state index in [1.54, 1.807) is 6.07 Å². The maximum absolute atomic E-state index is 12.3. The first kappa shape index (κ1) is 12.4. The number of aliphatic hydroxyl groups is 1. The predicted octanol–water partition coefficient (Wildman–Crippen LogP) is 3.01. The third-order valence-electron chi connectivity index (χ3n) is 5.57. The van der Waals surface area contributed by atoms with Crippen LogP contribution in [0.25, 0.3) is 0 Å². The molecule has 3 nitrogen and oxygen atoms in total. The molecule has 3 aliphatic rings. The van der Waals surface area contributed by atoms with Crippen molar-refractivity contribution in [1.82, 2.24) is 0 Å². The maximum atomic E-state index is 12.3. The number of hydrogen-bond acceptors (Lipinski definition) is 3. The highest BCUT2D eigenvalue weighted by Crippen LogP contribution is 2.63. The van der Waals surface area contributed by atoms with Crippen molar-refractivity contribution in [2.75, 3.05) is 0 Å². The molecule has 1 aliphatic heterocycles. The van der Waals surface area contributed by atoms with E-state index >= 15 is 0 Å². The van der Waals surface area contributed by atoms with E-state index in [2.05, 4.69) is 0 Å². The molecule has 1 aromatic carbocycles. The van der Waals surface area contributed by atoms with Gasteiger partial charge in [-0.15, -0.1) is 0 Å². The summed E-state index contributed by atoms with van der Waals surface area (Å²) in [4.78, 5) is 12.3. The SMILES string of the molecule is O=C1Oc2ccccc2[C@]2(O)[C@@H]3CCCCCC[C@H]3[C@@H]12. The van der Waals surface area contributed by atoms with Gasteiger partial charge < -0.3 is 9.84 Å². The lowest BCUT2D eigenvalue weighted by atomic mass is 9.47. The van der Waals surface area contributed by atoms with Gasteiger partial charge in [0.15, 0.2) is 0 Å². The number of esters is 1. The van der Waals surface area contributed by atoms with Crippen LogP contribution in [0.3, 0.4) is 0 Å². The summed E-state index contributed by atoms with van der Waals surface area (Å²) in [5.41, 5.74) is -0.153. The van der Waals surface area contributed by atoms with E-state index in [0.29, 0.717) is 11.7 Å². The molecule has 0 unspecified atom stereocenters. The van der Waals surface area contributed by atoms with Gasteiger partial charge in [0.05, 0.1) is 5.92 Å².